The molecule has 39 heavy (non-hydrogen) atoms. The molecule has 0 spiro atoms. The average Bonchev–Trinajstić information content (AvgIpc) is 2.78. The van der Waals surface area contributed by atoms with Gasteiger partial charge in [0.2, 0.25) is 0 Å². The number of aliphatic hydroxyl groups excluding tert-OH is 1. The van der Waals surface area contributed by atoms with Gasteiger partial charge in [-0.3, -0.25) is 9.59 Å². The van der Waals surface area contributed by atoms with Crippen LogP contribution in [0.4, 0.5) is 11.4 Å². The quantitative estimate of drug-likeness (QED) is 0.345. The third-order valence-electron chi connectivity index (χ3n) is 7.51. The molecule has 2 aromatic carbocycles. The van der Waals surface area contributed by atoms with Crippen LogP contribution in [0.15, 0.2) is 11.6 Å². The van der Waals surface area contributed by atoms with E-state index in [9.17, 15) is 30.0 Å². The van der Waals surface area contributed by atoms with Crippen LogP contribution in [0.5, 0.6) is 17.2 Å². The van der Waals surface area contributed by atoms with Crippen molar-refractivity contribution in [3.05, 3.63) is 45.0 Å². The van der Waals surface area contributed by atoms with Crippen molar-refractivity contribution in [2.45, 2.75) is 47.1 Å². The number of hydrogen-bond donors (Lipinski definition) is 5. The first-order valence-corrected chi connectivity index (χ1v) is 13.1. The number of fused-ring (bicyclic) bond motifs is 3. The number of ketones is 2. The maximum absolute atomic E-state index is 14.0. The van der Waals surface area contributed by atoms with Gasteiger partial charge in [0, 0.05) is 58.1 Å². The van der Waals surface area contributed by atoms with E-state index in [-0.39, 0.29) is 45.6 Å². The Bertz CT molecular complexity index is 1420. The predicted molar refractivity (Wildman–Crippen MR) is 152 cm³/mol. The number of hydrogen-bond acceptors (Lipinski definition) is 9. The zero-order valence-corrected chi connectivity index (χ0v) is 24.0. The fourth-order valence-corrected chi connectivity index (χ4v) is 5.86. The highest BCUT2D eigenvalue weighted by Crippen LogP contribution is 2.53. The molecule has 2 aromatic rings. The third kappa shape index (κ3) is 4.69. The summed E-state index contributed by atoms with van der Waals surface area (Å²) in [6, 6.07) is 1.89. The van der Waals surface area contributed by atoms with E-state index in [4.69, 9.17) is 0 Å². The zero-order valence-electron chi connectivity index (χ0n) is 24.0. The Balaban J connectivity index is 1.94. The number of carbonyl (C=O) groups is 2. The Morgan fingerprint density at radius 2 is 1.56 bits per heavy atom. The molecule has 0 bridgehead atoms. The summed E-state index contributed by atoms with van der Waals surface area (Å²) in [4.78, 5) is 29.9. The second kappa shape index (κ2) is 9.79. The maximum atomic E-state index is 14.0. The summed E-state index contributed by atoms with van der Waals surface area (Å²) in [5.41, 5.74) is 2.77. The molecule has 0 heterocycles. The number of aliphatic hydroxyl groups is 1. The number of aromatic hydroxyl groups is 3. The van der Waals surface area contributed by atoms with Crippen molar-refractivity contribution in [2.24, 2.45) is 11.3 Å². The molecule has 9 heteroatoms. The molecule has 0 aromatic heterocycles. The van der Waals surface area contributed by atoms with Gasteiger partial charge in [-0.2, -0.15) is 0 Å². The monoisotopic (exact) mass is 537 g/mol. The molecule has 0 fully saturated rings. The van der Waals surface area contributed by atoms with Crippen molar-refractivity contribution in [1.82, 2.24) is 5.32 Å². The summed E-state index contributed by atoms with van der Waals surface area (Å²) < 4.78 is 0. The Morgan fingerprint density at radius 1 is 0.949 bits per heavy atom. The molecule has 0 amide bonds. The van der Waals surface area contributed by atoms with Crippen molar-refractivity contribution in [2.75, 3.05) is 44.5 Å². The lowest BCUT2D eigenvalue weighted by molar-refractivity contribution is 0.0999. The topological polar surface area (TPSA) is 134 Å². The Hall–Kier alpha value is -3.72. The van der Waals surface area contributed by atoms with Crippen LogP contribution in [-0.2, 0) is 19.4 Å². The number of phenolic OH excluding ortho intramolecular Hbond substituents is 3. The van der Waals surface area contributed by atoms with E-state index in [1.165, 1.54) is 6.92 Å². The molecule has 4 rings (SSSR count). The molecule has 0 saturated heterocycles. The molecular formula is C30H39N3O6. The highest BCUT2D eigenvalue weighted by molar-refractivity contribution is 6.18. The standard InChI is InChI=1S/C30H39N3O6/c1-14(34)20-26(36)23-18(24(29(20)39)33(7)8)10-15-9-17-19(32(5)6)11-16(12-31-13-30(2,3)4)25(35)22(17)27(37)21(15)28(23)38/h11,15,31,35-36,38-39H,9-10,12-13H2,1-8H3/t15-/m0/s1. The van der Waals surface area contributed by atoms with Crippen molar-refractivity contribution in [3.8, 4) is 17.2 Å². The summed E-state index contributed by atoms with van der Waals surface area (Å²) in [6.07, 6.45) is 0.606. The van der Waals surface area contributed by atoms with Crippen molar-refractivity contribution < 1.29 is 30.0 Å². The van der Waals surface area contributed by atoms with Crippen LogP contribution in [0.1, 0.15) is 70.7 Å². The molecule has 5 N–H and O–H groups in total. The minimum atomic E-state index is -0.572. The number of benzene rings is 2. The molecule has 0 radical (unpaired) electrons. The fraction of sp³-hybridized carbons (Fsp3) is 0.467. The van der Waals surface area contributed by atoms with E-state index in [0.29, 0.717) is 41.9 Å². The molecule has 0 unspecified atom stereocenters. The van der Waals surface area contributed by atoms with Crippen molar-refractivity contribution in [3.63, 3.8) is 0 Å². The van der Waals surface area contributed by atoms with Crippen LogP contribution in [0.2, 0.25) is 0 Å². The summed E-state index contributed by atoms with van der Waals surface area (Å²) in [7, 11) is 7.16. The van der Waals surface area contributed by atoms with E-state index in [1.54, 1.807) is 19.0 Å². The number of allylic oxidation sites excluding steroid dienone is 1. The van der Waals surface area contributed by atoms with E-state index in [2.05, 4.69) is 26.1 Å². The average molecular weight is 538 g/mol. The van der Waals surface area contributed by atoms with Crippen LogP contribution < -0.4 is 15.1 Å². The van der Waals surface area contributed by atoms with Gasteiger partial charge in [0.1, 0.15) is 22.8 Å². The van der Waals surface area contributed by atoms with Gasteiger partial charge >= 0.3 is 0 Å². The second-order valence-electron chi connectivity index (χ2n) is 12.2. The lowest BCUT2D eigenvalue weighted by Gasteiger charge is -2.36. The third-order valence-corrected chi connectivity index (χ3v) is 7.51. The summed E-state index contributed by atoms with van der Waals surface area (Å²) in [6.45, 7) is 8.59. The first kappa shape index (κ1) is 28.3. The van der Waals surface area contributed by atoms with E-state index >= 15 is 0 Å². The summed E-state index contributed by atoms with van der Waals surface area (Å²) >= 11 is 0. The molecule has 2 aliphatic rings. The van der Waals surface area contributed by atoms with E-state index < -0.39 is 29.0 Å². The van der Waals surface area contributed by atoms with Gasteiger partial charge in [0.05, 0.1) is 16.8 Å². The van der Waals surface area contributed by atoms with Crippen LogP contribution in [-0.4, -0.2) is 66.7 Å². The van der Waals surface area contributed by atoms with Gasteiger partial charge in [-0.25, -0.2) is 0 Å². The van der Waals surface area contributed by atoms with Gasteiger partial charge in [0.15, 0.2) is 17.3 Å². The lowest BCUT2D eigenvalue weighted by Crippen LogP contribution is -2.32. The molecular weight excluding hydrogens is 498 g/mol. The van der Waals surface area contributed by atoms with Gasteiger partial charge < -0.3 is 35.5 Å². The fourth-order valence-electron chi connectivity index (χ4n) is 5.86. The molecule has 210 valence electrons. The number of nitrogens with zero attached hydrogens (tertiary/aromatic N) is 2. The van der Waals surface area contributed by atoms with Crippen LogP contribution in [0.25, 0.3) is 5.76 Å². The van der Waals surface area contributed by atoms with Gasteiger partial charge in [-0.1, -0.05) is 20.8 Å². The summed E-state index contributed by atoms with van der Waals surface area (Å²) in [5, 5.41) is 48.1. The first-order chi connectivity index (χ1) is 18.1. The number of phenols is 3. The number of anilines is 2. The van der Waals surface area contributed by atoms with Crippen molar-refractivity contribution in [1.29, 1.82) is 0 Å². The van der Waals surface area contributed by atoms with Crippen LogP contribution in [0, 0.1) is 11.3 Å². The molecule has 2 aliphatic carbocycles. The smallest absolute Gasteiger partial charge is 0.197 e. The maximum Gasteiger partial charge on any atom is 0.197 e. The molecule has 0 saturated carbocycles. The largest absolute Gasteiger partial charge is 0.507 e. The Labute approximate surface area is 229 Å². The zero-order chi connectivity index (χ0) is 29.1. The number of rotatable bonds is 6. The van der Waals surface area contributed by atoms with Crippen LogP contribution in [0.3, 0.4) is 0 Å². The first-order valence-electron chi connectivity index (χ1n) is 13.1. The normalized spacial score (nSPS) is 16.5. The summed E-state index contributed by atoms with van der Waals surface area (Å²) in [5.74, 6) is -3.01. The molecule has 0 aliphatic heterocycles. The SMILES string of the molecule is CC(=O)c1c(O)c2c(c(N(C)C)c1O)C[C@@H]1Cc3c(N(C)C)cc(CNCC(C)(C)C)c(O)c3C(=O)C1=C2O. The highest BCUT2D eigenvalue weighted by atomic mass is 16.3. The minimum Gasteiger partial charge on any atom is -0.507 e. The van der Waals surface area contributed by atoms with E-state index in [0.717, 1.165) is 5.69 Å². The number of nitrogens with one attached hydrogen (secondary N) is 1. The lowest BCUT2D eigenvalue weighted by atomic mass is 9.69. The second-order valence-corrected chi connectivity index (χ2v) is 12.2. The Kier molecular flexibility index (Phi) is 7.10. The number of Topliss-reactive ketones (excluding diaryl/α,β-unsaturated/α-hetero) is 2. The van der Waals surface area contributed by atoms with Crippen molar-refractivity contribution >= 4 is 28.7 Å². The highest BCUT2D eigenvalue weighted by Gasteiger charge is 2.43. The van der Waals surface area contributed by atoms with Gasteiger partial charge in [-0.15, -0.1) is 0 Å². The Morgan fingerprint density at radius 3 is 2.10 bits per heavy atom. The molecule has 9 nitrogen and oxygen atoms in total. The molecule has 1 atom stereocenters. The van der Waals surface area contributed by atoms with Crippen LogP contribution >= 0.6 is 0 Å². The van der Waals surface area contributed by atoms with E-state index in [1.807, 2.05) is 25.1 Å². The van der Waals surface area contributed by atoms with Gasteiger partial charge in [-0.05, 0) is 48.3 Å². The predicted octanol–water partition coefficient (Wildman–Crippen LogP) is 4.15. The minimum absolute atomic E-state index is 0.0277. The van der Waals surface area contributed by atoms with Gasteiger partial charge in [0.25, 0.3) is 0 Å². The number of carbonyl (C=O) groups excluding carboxylic acids is 2.